The fraction of sp³-hybridized carbons (Fsp3) is 1.00. The van der Waals surface area contributed by atoms with Crippen molar-refractivity contribution in [3.63, 3.8) is 0 Å². The van der Waals surface area contributed by atoms with Crippen molar-refractivity contribution in [1.82, 2.24) is 4.90 Å². The van der Waals surface area contributed by atoms with Crippen LogP contribution in [0, 0.1) is 0 Å². The molecule has 0 N–H and O–H groups in total. The topological polar surface area (TPSA) is 3.24 Å². The Morgan fingerprint density at radius 1 is 1.15 bits per heavy atom. The van der Waals surface area contributed by atoms with E-state index in [1.165, 1.54) is 19.3 Å². The van der Waals surface area contributed by atoms with Crippen LogP contribution in [0.15, 0.2) is 0 Å². The molecule has 0 aromatic carbocycles. The summed E-state index contributed by atoms with van der Waals surface area (Å²) in [5.74, 6) is 0. The predicted molar refractivity (Wildman–Crippen MR) is 62.5 cm³/mol. The van der Waals surface area contributed by atoms with E-state index in [0.717, 1.165) is 0 Å². The van der Waals surface area contributed by atoms with Crippen molar-refractivity contribution in [2.45, 2.75) is 62.9 Å². The molecule has 1 aliphatic heterocycles. The van der Waals surface area contributed by atoms with E-state index < -0.39 is 0 Å². The van der Waals surface area contributed by atoms with E-state index in [2.05, 4.69) is 55.6 Å². The lowest BCUT2D eigenvalue weighted by atomic mass is 9.93. The molecule has 0 bridgehead atoms. The highest BCUT2D eigenvalue weighted by molar-refractivity contribution is 9.09. The van der Waals surface area contributed by atoms with E-state index >= 15 is 0 Å². The molecule has 0 radical (unpaired) electrons. The highest BCUT2D eigenvalue weighted by Gasteiger charge is 2.38. The zero-order valence-corrected chi connectivity index (χ0v) is 11.1. The summed E-state index contributed by atoms with van der Waals surface area (Å²) in [5, 5.41) is 0. The minimum absolute atomic E-state index is 0.314. The lowest BCUT2D eigenvalue weighted by Crippen LogP contribution is -2.51. The van der Waals surface area contributed by atoms with Gasteiger partial charge in [-0.05, 0) is 54.0 Å². The van der Waals surface area contributed by atoms with Crippen molar-refractivity contribution >= 4 is 15.9 Å². The van der Waals surface area contributed by atoms with Gasteiger partial charge in [-0.3, -0.25) is 4.90 Å². The second-order valence-corrected chi connectivity index (χ2v) is 6.82. The standard InChI is InChI=1S/C11H22BrN/c1-10(2)7-6-9(12)8-11(3,4)13(10)5/h9H,6-8H2,1-5H3. The zero-order valence-electron chi connectivity index (χ0n) is 9.52. The second-order valence-electron chi connectivity index (χ2n) is 5.52. The minimum Gasteiger partial charge on any atom is -0.296 e. The van der Waals surface area contributed by atoms with Gasteiger partial charge in [0.05, 0.1) is 0 Å². The number of rotatable bonds is 0. The van der Waals surface area contributed by atoms with Gasteiger partial charge in [-0.1, -0.05) is 15.9 Å². The summed E-state index contributed by atoms with van der Waals surface area (Å²) in [7, 11) is 2.26. The molecule has 0 amide bonds. The Morgan fingerprint density at radius 2 is 1.69 bits per heavy atom. The van der Waals surface area contributed by atoms with Crippen LogP contribution in [0.1, 0.15) is 47.0 Å². The zero-order chi connectivity index (χ0) is 10.3. The first-order valence-corrected chi connectivity index (χ1v) is 6.05. The number of hydrogen-bond donors (Lipinski definition) is 0. The third-order valence-electron chi connectivity index (χ3n) is 3.61. The smallest absolute Gasteiger partial charge is 0.0166 e. The Labute approximate surface area is 91.0 Å². The molecule has 0 aliphatic carbocycles. The van der Waals surface area contributed by atoms with Crippen LogP contribution >= 0.6 is 15.9 Å². The first-order valence-electron chi connectivity index (χ1n) is 5.14. The van der Waals surface area contributed by atoms with E-state index in [-0.39, 0.29) is 0 Å². The maximum absolute atomic E-state index is 3.77. The van der Waals surface area contributed by atoms with Gasteiger partial charge in [0.2, 0.25) is 0 Å². The van der Waals surface area contributed by atoms with Gasteiger partial charge < -0.3 is 0 Å². The molecule has 1 heterocycles. The van der Waals surface area contributed by atoms with E-state index in [0.29, 0.717) is 15.9 Å². The lowest BCUT2D eigenvalue weighted by Gasteiger charge is -2.44. The van der Waals surface area contributed by atoms with Gasteiger partial charge >= 0.3 is 0 Å². The molecule has 0 aromatic heterocycles. The summed E-state index contributed by atoms with van der Waals surface area (Å²) in [6.45, 7) is 9.38. The fourth-order valence-electron chi connectivity index (χ4n) is 2.28. The van der Waals surface area contributed by atoms with Gasteiger partial charge in [0, 0.05) is 15.9 Å². The number of halogens is 1. The summed E-state index contributed by atoms with van der Waals surface area (Å²) in [6, 6.07) is 0. The Bertz CT molecular complexity index is 187. The van der Waals surface area contributed by atoms with Crippen LogP contribution in [0.5, 0.6) is 0 Å². The van der Waals surface area contributed by atoms with E-state index in [9.17, 15) is 0 Å². The van der Waals surface area contributed by atoms with Crippen LogP contribution in [0.3, 0.4) is 0 Å². The van der Waals surface area contributed by atoms with E-state index in [1.807, 2.05) is 0 Å². The van der Waals surface area contributed by atoms with Crippen LogP contribution in [-0.4, -0.2) is 27.9 Å². The third kappa shape index (κ3) is 2.47. The van der Waals surface area contributed by atoms with Crippen molar-refractivity contribution in [3.05, 3.63) is 0 Å². The van der Waals surface area contributed by atoms with Crippen LogP contribution in [0.4, 0.5) is 0 Å². The highest BCUT2D eigenvalue weighted by Crippen LogP contribution is 2.37. The van der Waals surface area contributed by atoms with E-state index in [4.69, 9.17) is 0 Å². The van der Waals surface area contributed by atoms with Gasteiger partial charge in [-0.15, -0.1) is 0 Å². The molecule has 0 saturated carbocycles. The summed E-state index contributed by atoms with van der Waals surface area (Å²) >= 11 is 3.77. The monoisotopic (exact) mass is 247 g/mol. The van der Waals surface area contributed by atoms with Gasteiger partial charge in [0.25, 0.3) is 0 Å². The third-order valence-corrected chi connectivity index (χ3v) is 4.39. The molecule has 1 saturated heterocycles. The summed E-state index contributed by atoms with van der Waals surface area (Å²) < 4.78 is 0. The number of hydrogen-bond acceptors (Lipinski definition) is 1. The molecule has 13 heavy (non-hydrogen) atoms. The molecule has 2 heteroatoms. The molecule has 78 valence electrons. The number of likely N-dealkylation sites (tertiary alicyclic amines) is 1. The van der Waals surface area contributed by atoms with Crippen molar-refractivity contribution in [3.8, 4) is 0 Å². The second kappa shape index (κ2) is 3.54. The fourth-order valence-corrected chi connectivity index (χ4v) is 3.30. The molecule has 1 aliphatic rings. The molecule has 0 aromatic rings. The Morgan fingerprint density at radius 3 is 2.23 bits per heavy atom. The largest absolute Gasteiger partial charge is 0.296 e. The molecule has 1 rings (SSSR count). The van der Waals surface area contributed by atoms with E-state index in [1.54, 1.807) is 0 Å². The maximum Gasteiger partial charge on any atom is 0.0166 e. The van der Waals surface area contributed by atoms with Gasteiger partial charge in [-0.25, -0.2) is 0 Å². The molecule has 1 nitrogen and oxygen atoms in total. The predicted octanol–water partition coefficient (Wildman–Crippen LogP) is 3.42. The highest BCUT2D eigenvalue weighted by atomic mass is 79.9. The van der Waals surface area contributed by atoms with Crippen LogP contribution in [0.2, 0.25) is 0 Å². The first-order chi connectivity index (χ1) is 5.76. The van der Waals surface area contributed by atoms with Crippen molar-refractivity contribution < 1.29 is 0 Å². The number of alkyl halides is 1. The van der Waals surface area contributed by atoms with Crippen LogP contribution in [-0.2, 0) is 0 Å². The molecule has 1 atom stereocenters. The summed E-state index contributed by atoms with van der Waals surface area (Å²) in [4.78, 5) is 3.22. The number of nitrogens with zero attached hydrogens (tertiary/aromatic N) is 1. The van der Waals surface area contributed by atoms with Gasteiger partial charge in [0.1, 0.15) is 0 Å². The van der Waals surface area contributed by atoms with Gasteiger partial charge in [0.15, 0.2) is 0 Å². The van der Waals surface area contributed by atoms with Crippen molar-refractivity contribution in [2.75, 3.05) is 7.05 Å². The molecule has 0 spiro atoms. The lowest BCUT2D eigenvalue weighted by molar-refractivity contribution is 0.0497. The summed E-state index contributed by atoms with van der Waals surface area (Å²) in [6.07, 6.45) is 3.82. The Hall–Kier alpha value is 0.440. The Kier molecular flexibility index (Phi) is 3.14. The van der Waals surface area contributed by atoms with Crippen LogP contribution in [0.25, 0.3) is 0 Å². The average Bonchev–Trinajstić information content (AvgIpc) is 2.03. The molecular weight excluding hydrogens is 226 g/mol. The SMILES string of the molecule is CN1C(C)(C)CCC(Br)CC1(C)C. The average molecular weight is 248 g/mol. The molecular formula is C11H22BrN. The molecule has 1 unspecified atom stereocenters. The van der Waals surface area contributed by atoms with Crippen LogP contribution < -0.4 is 0 Å². The minimum atomic E-state index is 0.314. The Balaban J connectivity index is 2.87. The molecule has 1 fully saturated rings. The van der Waals surface area contributed by atoms with Crippen molar-refractivity contribution in [2.24, 2.45) is 0 Å². The van der Waals surface area contributed by atoms with Crippen molar-refractivity contribution in [1.29, 1.82) is 0 Å². The normalized spacial score (nSPS) is 34.2. The quantitative estimate of drug-likeness (QED) is 0.594. The maximum atomic E-state index is 3.77. The summed E-state index contributed by atoms with van der Waals surface area (Å²) in [5.41, 5.74) is 0.653. The first kappa shape index (κ1) is 11.5. The van der Waals surface area contributed by atoms with Gasteiger partial charge in [-0.2, -0.15) is 0 Å².